The summed E-state index contributed by atoms with van der Waals surface area (Å²) in [6.07, 6.45) is 2.08. The molecule has 1 aliphatic carbocycles. The van der Waals surface area contributed by atoms with E-state index in [0.717, 1.165) is 18.9 Å². The van der Waals surface area contributed by atoms with Gasteiger partial charge >= 0.3 is 0 Å². The van der Waals surface area contributed by atoms with E-state index in [2.05, 4.69) is 15.1 Å². The molecular weight excluding hydrogens is 419 g/mol. The van der Waals surface area contributed by atoms with Gasteiger partial charge in [0.05, 0.1) is 15.4 Å². The van der Waals surface area contributed by atoms with Gasteiger partial charge in [-0.3, -0.25) is 9.48 Å². The van der Waals surface area contributed by atoms with E-state index in [0.29, 0.717) is 29.1 Å². The first-order valence-electron chi connectivity index (χ1n) is 8.97. The zero-order valence-electron chi connectivity index (χ0n) is 15.4. The fourth-order valence-electron chi connectivity index (χ4n) is 3.01. The second kappa shape index (κ2) is 7.40. The molecule has 0 spiro atoms. The fourth-order valence-corrected chi connectivity index (χ4v) is 4.33. The van der Waals surface area contributed by atoms with Crippen LogP contribution in [0.3, 0.4) is 0 Å². The van der Waals surface area contributed by atoms with E-state index in [4.69, 9.17) is 11.6 Å². The van der Waals surface area contributed by atoms with Crippen LogP contribution in [0.2, 0.25) is 5.02 Å². The molecular formula is C19H18ClFN4O3S. The van der Waals surface area contributed by atoms with Crippen LogP contribution in [-0.2, 0) is 17.1 Å². The lowest BCUT2D eigenvalue weighted by molar-refractivity contribution is 0.101. The molecule has 1 saturated carbocycles. The van der Waals surface area contributed by atoms with Crippen molar-refractivity contribution in [2.75, 3.05) is 11.9 Å². The van der Waals surface area contributed by atoms with Gasteiger partial charge in [0.15, 0.2) is 0 Å². The average molecular weight is 437 g/mol. The van der Waals surface area contributed by atoms with Gasteiger partial charge in [0.1, 0.15) is 11.5 Å². The summed E-state index contributed by atoms with van der Waals surface area (Å²) in [5.41, 5.74) is 0.957. The summed E-state index contributed by atoms with van der Waals surface area (Å²) >= 11 is 5.75. The van der Waals surface area contributed by atoms with Crippen molar-refractivity contribution in [1.29, 1.82) is 0 Å². The Hall–Kier alpha value is -2.49. The van der Waals surface area contributed by atoms with Crippen LogP contribution in [-0.4, -0.2) is 30.7 Å². The molecule has 0 unspecified atom stereocenters. The van der Waals surface area contributed by atoms with E-state index in [1.54, 1.807) is 13.1 Å². The number of nitrogens with zero attached hydrogens (tertiary/aromatic N) is 2. The van der Waals surface area contributed by atoms with Crippen LogP contribution in [0.15, 0.2) is 41.3 Å². The number of hydrogen-bond donors (Lipinski definition) is 2. The summed E-state index contributed by atoms with van der Waals surface area (Å²) in [4.78, 5) is 12.8. The zero-order chi connectivity index (χ0) is 20.8. The second-order valence-corrected chi connectivity index (χ2v) is 9.20. The smallest absolute Gasteiger partial charge is 0.274 e. The Morgan fingerprint density at radius 3 is 2.72 bits per heavy atom. The Morgan fingerprint density at radius 1 is 1.28 bits per heavy atom. The summed E-state index contributed by atoms with van der Waals surface area (Å²) in [6, 6.07) is 8.31. The highest BCUT2D eigenvalue weighted by atomic mass is 35.5. The third kappa shape index (κ3) is 4.12. The van der Waals surface area contributed by atoms with Crippen LogP contribution >= 0.6 is 11.6 Å². The molecule has 1 heterocycles. The standard InChI is InChI=1S/C19H18ClFN4O3S/c1-25-18(19(26)23-12-4-7-16(21)15(20)8-12)14-6-5-13(9-17(14)24-25)29(27,28)22-10-11-2-3-11/h4-9,11,22H,2-3,10H2,1H3,(H,23,26). The van der Waals surface area contributed by atoms with Gasteiger partial charge in [0.25, 0.3) is 5.91 Å². The number of nitrogens with one attached hydrogen (secondary N) is 2. The summed E-state index contributed by atoms with van der Waals surface area (Å²) in [6.45, 7) is 0.427. The number of aromatic nitrogens is 2. The number of carbonyl (C=O) groups is 1. The number of fused-ring (bicyclic) bond motifs is 1. The molecule has 0 bridgehead atoms. The van der Waals surface area contributed by atoms with Crippen LogP contribution in [0.25, 0.3) is 10.9 Å². The maximum absolute atomic E-state index is 13.3. The number of hydrogen-bond acceptors (Lipinski definition) is 4. The number of sulfonamides is 1. The van der Waals surface area contributed by atoms with E-state index in [-0.39, 0.29) is 15.6 Å². The van der Waals surface area contributed by atoms with Crippen molar-refractivity contribution in [3.8, 4) is 0 Å². The van der Waals surface area contributed by atoms with Crippen molar-refractivity contribution < 1.29 is 17.6 Å². The molecule has 0 aliphatic heterocycles. The van der Waals surface area contributed by atoms with E-state index in [9.17, 15) is 17.6 Å². The normalized spacial score (nSPS) is 14.3. The van der Waals surface area contributed by atoms with Gasteiger partial charge in [-0.25, -0.2) is 17.5 Å². The van der Waals surface area contributed by atoms with E-state index in [1.165, 1.54) is 28.9 Å². The number of amides is 1. The highest BCUT2D eigenvalue weighted by Crippen LogP contribution is 2.29. The van der Waals surface area contributed by atoms with Crippen LogP contribution in [0, 0.1) is 11.7 Å². The highest BCUT2D eigenvalue weighted by Gasteiger charge is 2.25. The zero-order valence-corrected chi connectivity index (χ0v) is 17.0. The number of benzene rings is 2. The first-order valence-corrected chi connectivity index (χ1v) is 10.8. The lowest BCUT2D eigenvalue weighted by Crippen LogP contribution is -2.25. The minimum Gasteiger partial charge on any atom is -0.321 e. The lowest BCUT2D eigenvalue weighted by Gasteiger charge is -2.07. The second-order valence-electron chi connectivity index (χ2n) is 7.03. The summed E-state index contributed by atoms with van der Waals surface area (Å²) < 4.78 is 42.2. The molecule has 2 aromatic carbocycles. The van der Waals surface area contributed by atoms with Crippen LogP contribution < -0.4 is 10.0 Å². The molecule has 10 heteroatoms. The van der Waals surface area contributed by atoms with Crippen molar-refractivity contribution >= 4 is 44.1 Å². The molecule has 0 atom stereocenters. The molecule has 0 saturated heterocycles. The molecule has 4 rings (SSSR count). The first kappa shape index (κ1) is 19.8. The number of aryl methyl sites for hydroxylation is 1. The summed E-state index contributed by atoms with van der Waals surface area (Å²) in [5.74, 6) is -0.640. The van der Waals surface area contributed by atoms with Crippen LogP contribution in [0.4, 0.5) is 10.1 Å². The molecule has 29 heavy (non-hydrogen) atoms. The molecule has 3 aromatic rings. The number of carbonyl (C=O) groups excluding carboxylic acids is 1. The predicted octanol–water partition coefficient (Wildman–Crippen LogP) is 3.31. The predicted molar refractivity (Wildman–Crippen MR) is 108 cm³/mol. The van der Waals surface area contributed by atoms with Gasteiger partial charge in [-0.05, 0) is 55.2 Å². The van der Waals surface area contributed by atoms with Gasteiger partial charge in [-0.2, -0.15) is 5.10 Å². The SMILES string of the molecule is Cn1nc2cc(S(=O)(=O)NCC3CC3)ccc2c1C(=O)Nc1ccc(F)c(Cl)c1. The Kier molecular flexibility index (Phi) is 5.05. The topological polar surface area (TPSA) is 93.1 Å². The summed E-state index contributed by atoms with van der Waals surface area (Å²) in [7, 11) is -2.05. The third-order valence-electron chi connectivity index (χ3n) is 4.77. The van der Waals surface area contributed by atoms with E-state index < -0.39 is 21.7 Å². The number of halogens is 2. The number of anilines is 1. The van der Waals surface area contributed by atoms with Crippen molar-refractivity contribution in [3.63, 3.8) is 0 Å². The molecule has 0 radical (unpaired) electrons. The molecule has 1 aromatic heterocycles. The maximum atomic E-state index is 13.3. The van der Waals surface area contributed by atoms with Crippen molar-refractivity contribution in [3.05, 3.63) is 52.9 Å². The molecule has 1 amide bonds. The molecule has 152 valence electrons. The minimum absolute atomic E-state index is 0.0982. The van der Waals surface area contributed by atoms with Crippen LogP contribution in [0.5, 0.6) is 0 Å². The average Bonchev–Trinajstić information content (AvgIpc) is 3.43. The largest absolute Gasteiger partial charge is 0.321 e. The first-order chi connectivity index (χ1) is 13.7. The van der Waals surface area contributed by atoms with Gasteiger partial charge in [0, 0.05) is 24.7 Å². The van der Waals surface area contributed by atoms with Gasteiger partial charge in [-0.15, -0.1) is 0 Å². The molecule has 1 fully saturated rings. The van der Waals surface area contributed by atoms with Crippen molar-refractivity contribution in [2.45, 2.75) is 17.7 Å². The monoisotopic (exact) mass is 436 g/mol. The quantitative estimate of drug-likeness (QED) is 0.620. The Bertz CT molecular complexity index is 1220. The van der Waals surface area contributed by atoms with Crippen LogP contribution in [0.1, 0.15) is 23.3 Å². The van der Waals surface area contributed by atoms with Crippen molar-refractivity contribution in [1.82, 2.24) is 14.5 Å². The number of rotatable bonds is 6. The molecule has 1 aliphatic rings. The minimum atomic E-state index is -3.64. The summed E-state index contributed by atoms with van der Waals surface area (Å²) in [5, 5.41) is 7.31. The Morgan fingerprint density at radius 2 is 2.03 bits per heavy atom. The van der Waals surface area contributed by atoms with Crippen molar-refractivity contribution in [2.24, 2.45) is 13.0 Å². The fraction of sp³-hybridized carbons (Fsp3) is 0.263. The molecule has 2 N–H and O–H groups in total. The molecule has 7 nitrogen and oxygen atoms in total. The Balaban J connectivity index is 1.62. The van der Waals surface area contributed by atoms with E-state index in [1.807, 2.05) is 0 Å². The lowest BCUT2D eigenvalue weighted by atomic mass is 10.2. The van der Waals surface area contributed by atoms with Gasteiger partial charge in [0.2, 0.25) is 10.0 Å². The maximum Gasteiger partial charge on any atom is 0.274 e. The van der Waals surface area contributed by atoms with Gasteiger partial charge in [-0.1, -0.05) is 11.6 Å². The van der Waals surface area contributed by atoms with E-state index >= 15 is 0 Å². The Labute approximate surface area is 171 Å². The third-order valence-corrected chi connectivity index (χ3v) is 6.48. The highest BCUT2D eigenvalue weighted by molar-refractivity contribution is 7.89. The van der Waals surface area contributed by atoms with Gasteiger partial charge < -0.3 is 5.32 Å².